The average Bonchev–Trinajstić information content (AvgIpc) is 2.59. The Morgan fingerprint density at radius 2 is 2.21 bits per heavy atom. The van der Waals surface area contributed by atoms with Crippen LogP contribution in [-0.2, 0) is 13.0 Å². The third-order valence-electron chi connectivity index (χ3n) is 2.22. The lowest BCUT2D eigenvalue weighted by atomic mass is 10.3. The van der Waals surface area contributed by atoms with Crippen molar-refractivity contribution in [2.45, 2.75) is 39.2 Å². The third-order valence-corrected chi connectivity index (χ3v) is 2.22. The molecule has 0 saturated carbocycles. The molecule has 0 aromatic carbocycles. The monoisotopic (exact) mass is 261 g/mol. The zero-order valence-corrected chi connectivity index (χ0v) is 10.4. The van der Waals surface area contributed by atoms with Crippen LogP contribution in [0.2, 0.25) is 0 Å². The Kier molecular flexibility index (Phi) is 7.80. The van der Waals surface area contributed by atoms with Gasteiger partial charge in [0.05, 0.1) is 13.0 Å². The summed E-state index contributed by atoms with van der Waals surface area (Å²) in [7, 11) is 0. The van der Waals surface area contributed by atoms with Gasteiger partial charge >= 0.3 is 0 Å². The van der Waals surface area contributed by atoms with Crippen LogP contribution in [0.15, 0.2) is 12.4 Å². The van der Waals surface area contributed by atoms with E-state index in [0.29, 0.717) is 0 Å². The summed E-state index contributed by atoms with van der Waals surface area (Å²) in [5.41, 5.74) is 5.47. The van der Waals surface area contributed by atoms with E-state index in [-0.39, 0.29) is 17.0 Å². The highest BCUT2D eigenvalue weighted by atomic mass is 79.9. The molecule has 0 radical (unpaired) electrons. The van der Waals surface area contributed by atoms with Gasteiger partial charge in [-0.1, -0.05) is 13.3 Å². The van der Waals surface area contributed by atoms with E-state index < -0.39 is 0 Å². The molecule has 0 spiro atoms. The fraction of sp³-hybridized carbons (Fsp3) is 0.700. The molecule has 0 fully saturated rings. The van der Waals surface area contributed by atoms with Gasteiger partial charge in [0, 0.05) is 0 Å². The molecule has 0 bridgehead atoms. The van der Waals surface area contributed by atoms with Crippen LogP contribution in [0.3, 0.4) is 0 Å². The number of aromatic nitrogens is 2. The summed E-state index contributed by atoms with van der Waals surface area (Å²) >= 11 is 0. The minimum atomic E-state index is 0. The number of nitrogens with two attached hydrogens (primary N) is 1. The molecule has 14 heavy (non-hydrogen) atoms. The first-order valence-corrected chi connectivity index (χ1v) is 5.14. The summed E-state index contributed by atoms with van der Waals surface area (Å²) in [6.07, 6.45) is 8.73. The summed E-state index contributed by atoms with van der Waals surface area (Å²) < 4.78 is 2.29. The molecule has 0 amide bonds. The Morgan fingerprint density at radius 1 is 1.43 bits per heavy atom. The first-order chi connectivity index (χ1) is 6.38. The Balaban J connectivity index is 0.00000169. The lowest BCUT2D eigenvalue weighted by molar-refractivity contribution is -0.703. The molecule has 0 unspecified atom stereocenters. The Morgan fingerprint density at radius 3 is 2.86 bits per heavy atom. The number of unbranched alkanes of at least 4 members (excludes halogenated alkanes) is 1. The van der Waals surface area contributed by atoms with E-state index in [1.54, 1.807) is 0 Å². The lowest BCUT2D eigenvalue weighted by Gasteiger charge is -1.98. The molecule has 1 rings (SSSR count). The second kappa shape index (κ2) is 8.00. The molecular weight excluding hydrogens is 242 g/mol. The number of aryl methyl sites for hydroxylation is 2. The summed E-state index contributed by atoms with van der Waals surface area (Å²) in [5, 5.41) is 0. The normalized spacial score (nSPS) is 9.86. The van der Waals surface area contributed by atoms with Crippen LogP contribution in [0.5, 0.6) is 0 Å². The Labute approximate surface area is 96.5 Å². The zero-order valence-electron chi connectivity index (χ0n) is 8.80. The van der Waals surface area contributed by atoms with Crippen LogP contribution in [-0.4, -0.2) is 11.5 Å². The van der Waals surface area contributed by atoms with Crippen molar-refractivity contribution in [3.63, 3.8) is 0 Å². The predicted molar refractivity (Wildman–Crippen MR) is 53.3 cm³/mol. The van der Waals surface area contributed by atoms with Crippen molar-refractivity contribution >= 4 is 0 Å². The fourth-order valence-corrected chi connectivity index (χ4v) is 1.42. The fourth-order valence-electron chi connectivity index (χ4n) is 1.42. The number of H-pyrrole nitrogens is 1. The van der Waals surface area contributed by atoms with Gasteiger partial charge in [0.25, 0.3) is 5.82 Å². The number of hydrogen-bond acceptors (Lipinski definition) is 1. The van der Waals surface area contributed by atoms with Crippen molar-refractivity contribution in [2.75, 3.05) is 6.54 Å². The van der Waals surface area contributed by atoms with Crippen molar-refractivity contribution in [2.24, 2.45) is 5.73 Å². The van der Waals surface area contributed by atoms with Crippen molar-refractivity contribution in [1.82, 2.24) is 4.98 Å². The number of aromatic amines is 1. The van der Waals surface area contributed by atoms with Crippen LogP contribution < -0.4 is 27.3 Å². The second-order valence-electron chi connectivity index (χ2n) is 3.35. The molecule has 1 aromatic rings. The average molecular weight is 262 g/mol. The van der Waals surface area contributed by atoms with Gasteiger partial charge < -0.3 is 22.7 Å². The largest absolute Gasteiger partial charge is 1.00 e. The molecule has 3 nitrogen and oxygen atoms in total. The quantitative estimate of drug-likeness (QED) is 0.572. The summed E-state index contributed by atoms with van der Waals surface area (Å²) in [5.74, 6) is 1.30. The molecule has 0 saturated heterocycles. The number of hydrogen-bond donors (Lipinski definition) is 2. The van der Waals surface area contributed by atoms with Crippen LogP contribution in [0.4, 0.5) is 0 Å². The van der Waals surface area contributed by atoms with Gasteiger partial charge in [-0.05, 0) is 19.4 Å². The van der Waals surface area contributed by atoms with Gasteiger partial charge in [0.15, 0.2) is 0 Å². The smallest absolute Gasteiger partial charge is 0.254 e. The highest BCUT2D eigenvalue weighted by Gasteiger charge is 2.08. The van der Waals surface area contributed by atoms with Gasteiger partial charge in [-0.15, -0.1) is 0 Å². The number of halogens is 1. The number of rotatable bonds is 6. The molecule has 0 atom stereocenters. The highest BCUT2D eigenvalue weighted by molar-refractivity contribution is 4.77. The molecule has 1 aromatic heterocycles. The number of imidazole rings is 1. The van der Waals surface area contributed by atoms with Gasteiger partial charge in [0.1, 0.15) is 12.4 Å². The summed E-state index contributed by atoms with van der Waals surface area (Å²) in [6.45, 7) is 4.11. The summed E-state index contributed by atoms with van der Waals surface area (Å²) in [4.78, 5) is 3.26. The van der Waals surface area contributed by atoms with Crippen LogP contribution >= 0.6 is 0 Å². The first kappa shape index (κ1) is 13.7. The van der Waals surface area contributed by atoms with Crippen molar-refractivity contribution in [1.29, 1.82) is 0 Å². The maximum atomic E-state index is 5.47. The minimum Gasteiger partial charge on any atom is -1.00 e. The van der Waals surface area contributed by atoms with Gasteiger partial charge in [-0.25, -0.2) is 9.55 Å². The third kappa shape index (κ3) is 4.24. The van der Waals surface area contributed by atoms with Gasteiger partial charge in [0.2, 0.25) is 0 Å². The van der Waals surface area contributed by atoms with Gasteiger partial charge in [-0.2, -0.15) is 0 Å². The SMILES string of the molecule is CCCC[n+]1cc[nH]c1CCCN.[Br-]. The molecule has 1 heterocycles. The van der Waals surface area contributed by atoms with Crippen molar-refractivity contribution in [3.05, 3.63) is 18.2 Å². The van der Waals surface area contributed by atoms with E-state index in [9.17, 15) is 0 Å². The maximum Gasteiger partial charge on any atom is 0.254 e. The lowest BCUT2D eigenvalue weighted by Crippen LogP contribution is -3.00. The minimum absolute atomic E-state index is 0. The molecule has 0 aliphatic rings. The standard InChI is InChI=1S/C10H19N3.BrH/c1-2-3-8-13-9-7-12-10(13)5-4-6-11;/h7,9H,2-6,8,11H2,1H3;1H. The van der Waals surface area contributed by atoms with E-state index in [1.165, 1.54) is 18.7 Å². The van der Waals surface area contributed by atoms with Crippen molar-refractivity contribution in [3.8, 4) is 0 Å². The maximum absolute atomic E-state index is 5.47. The van der Waals surface area contributed by atoms with E-state index >= 15 is 0 Å². The van der Waals surface area contributed by atoms with E-state index in [0.717, 1.165) is 25.9 Å². The van der Waals surface area contributed by atoms with E-state index in [1.807, 2.05) is 6.20 Å². The molecular formula is C10H20BrN3. The second-order valence-corrected chi connectivity index (χ2v) is 3.35. The van der Waals surface area contributed by atoms with Crippen LogP contribution in [0.25, 0.3) is 0 Å². The highest BCUT2D eigenvalue weighted by Crippen LogP contribution is 1.94. The Hall–Kier alpha value is -0.350. The number of nitrogens with zero attached hydrogens (tertiary/aromatic N) is 1. The van der Waals surface area contributed by atoms with E-state index in [2.05, 4.69) is 22.7 Å². The topological polar surface area (TPSA) is 45.7 Å². The molecule has 82 valence electrons. The number of nitrogens with one attached hydrogen (secondary N) is 1. The first-order valence-electron chi connectivity index (χ1n) is 5.14. The molecule has 0 aliphatic carbocycles. The van der Waals surface area contributed by atoms with E-state index in [4.69, 9.17) is 5.73 Å². The van der Waals surface area contributed by atoms with Gasteiger partial charge in [-0.3, -0.25) is 0 Å². The Bertz CT molecular complexity index is 213. The molecule has 3 N–H and O–H groups in total. The van der Waals surface area contributed by atoms with Crippen molar-refractivity contribution < 1.29 is 21.5 Å². The summed E-state index contributed by atoms with van der Waals surface area (Å²) in [6, 6.07) is 0. The predicted octanol–water partition coefficient (Wildman–Crippen LogP) is -2.00. The van der Waals surface area contributed by atoms with Crippen LogP contribution in [0, 0.1) is 0 Å². The zero-order chi connectivity index (χ0) is 9.52. The van der Waals surface area contributed by atoms with Crippen LogP contribution in [0.1, 0.15) is 32.0 Å². The molecule has 0 aliphatic heterocycles. The molecule has 4 heteroatoms.